The molecule has 0 aromatic carbocycles. The molecule has 4 nitrogen and oxygen atoms in total. The molecule has 4 rings (SSSR count). The SMILES string of the molecule is CC(C)CCC[C@@H](C)[C@H]1CC[C@H]2C3=C(CC[C@]12C)[C@@]1(C)CCC(=NO)C=C1C(=O)O3. The Kier molecular flexibility index (Phi) is 5.65. The van der Waals surface area contributed by atoms with E-state index in [1.807, 2.05) is 0 Å². The fraction of sp³-hybridized carbons (Fsp3) is 0.769. The quantitative estimate of drug-likeness (QED) is 0.312. The predicted molar refractivity (Wildman–Crippen MR) is 119 cm³/mol. The number of hydrogen-bond donors (Lipinski definition) is 1. The molecule has 0 radical (unpaired) electrons. The van der Waals surface area contributed by atoms with Gasteiger partial charge in [-0.15, -0.1) is 0 Å². The molecule has 1 heterocycles. The van der Waals surface area contributed by atoms with E-state index < -0.39 is 0 Å². The molecule has 0 aromatic rings. The first kappa shape index (κ1) is 21.6. The number of esters is 1. The van der Waals surface area contributed by atoms with E-state index in [4.69, 9.17) is 4.74 Å². The molecule has 0 unspecified atom stereocenters. The lowest BCUT2D eigenvalue weighted by atomic mass is 9.57. The molecule has 1 aliphatic heterocycles. The lowest BCUT2D eigenvalue weighted by Crippen LogP contribution is -2.44. The first-order valence-electron chi connectivity index (χ1n) is 12.1. The van der Waals surface area contributed by atoms with Crippen molar-refractivity contribution in [2.45, 2.75) is 92.4 Å². The van der Waals surface area contributed by atoms with Crippen molar-refractivity contribution in [2.75, 3.05) is 0 Å². The summed E-state index contributed by atoms with van der Waals surface area (Å²) >= 11 is 0. The van der Waals surface area contributed by atoms with Crippen LogP contribution in [-0.2, 0) is 9.53 Å². The van der Waals surface area contributed by atoms with E-state index in [2.05, 4.69) is 39.8 Å². The summed E-state index contributed by atoms with van der Waals surface area (Å²) in [6, 6.07) is 0. The molecule has 4 aliphatic rings. The highest BCUT2D eigenvalue weighted by atomic mass is 16.5. The van der Waals surface area contributed by atoms with Gasteiger partial charge in [-0.25, -0.2) is 4.79 Å². The minimum atomic E-state index is -0.263. The minimum Gasteiger partial charge on any atom is -0.427 e. The standard InChI is InChI=1S/C26H39NO3/c1-16(2)7-6-8-17(3)19-9-10-20-23-21(12-14-25(19,20)4)26(5)13-11-18(27-29)15-22(26)24(28)30-23/h15-17,19-20,29H,6-14H2,1-5H3/t17-,19-,20+,25-,26-/m1/s1. The lowest BCUT2D eigenvalue weighted by Gasteiger charge is -2.50. The molecule has 1 N–H and O–H groups in total. The van der Waals surface area contributed by atoms with Gasteiger partial charge in [-0.2, -0.15) is 0 Å². The average molecular weight is 414 g/mol. The van der Waals surface area contributed by atoms with Crippen LogP contribution in [0.25, 0.3) is 0 Å². The first-order valence-corrected chi connectivity index (χ1v) is 12.1. The maximum Gasteiger partial charge on any atom is 0.340 e. The van der Waals surface area contributed by atoms with Gasteiger partial charge in [0.05, 0.1) is 5.71 Å². The van der Waals surface area contributed by atoms with Crippen LogP contribution in [0.3, 0.4) is 0 Å². The molecule has 166 valence electrons. The predicted octanol–water partition coefficient (Wildman–Crippen LogP) is 6.64. The van der Waals surface area contributed by atoms with Crippen LogP contribution in [0.15, 0.2) is 28.1 Å². The van der Waals surface area contributed by atoms with Crippen molar-refractivity contribution in [3.63, 3.8) is 0 Å². The van der Waals surface area contributed by atoms with Crippen molar-refractivity contribution < 1.29 is 14.7 Å². The highest BCUT2D eigenvalue weighted by Gasteiger charge is 2.57. The molecule has 1 saturated carbocycles. The number of nitrogens with zero attached hydrogens (tertiary/aromatic N) is 1. The summed E-state index contributed by atoms with van der Waals surface area (Å²) in [7, 11) is 0. The lowest BCUT2D eigenvalue weighted by molar-refractivity contribution is -0.140. The Morgan fingerprint density at radius 1 is 1.17 bits per heavy atom. The summed E-state index contributed by atoms with van der Waals surface area (Å²) in [5.74, 6) is 3.37. The van der Waals surface area contributed by atoms with Gasteiger partial charge in [0.1, 0.15) is 5.76 Å². The zero-order valence-corrected chi connectivity index (χ0v) is 19.5. The van der Waals surface area contributed by atoms with Gasteiger partial charge in [0.15, 0.2) is 0 Å². The molecule has 0 aromatic heterocycles. The monoisotopic (exact) mass is 413 g/mol. The summed E-state index contributed by atoms with van der Waals surface area (Å²) < 4.78 is 6.07. The number of rotatable bonds is 5. The Morgan fingerprint density at radius 3 is 2.63 bits per heavy atom. The van der Waals surface area contributed by atoms with Gasteiger partial charge in [-0.1, -0.05) is 59.0 Å². The maximum absolute atomic E-state index is 13.0. The van der Waals surface area contributed by atoms with Crippen LogP contribution in [0.5, 0.6) is 0 Å². The third-order valence-corrected chi connectivity index (χ3v) is 9.07. The van der Waals surface area contributed by atoms with Gasteiger partial charge in [-0.3, -0.25) is 0 Å². The summed E-state index contributed by atoms with van der Waals surface area (Å²) in [6.45, 7) is 11.7. The van der Waals surface area contributed by atoms with E-state index in [1.165, 1.54) is 37.7 Å². The van der Waals surface area contributed by atoms with Crippen LogP contribution in [-0.4, -0.2) is 16.9 Å². The van der Waals surface area contributed by atoms with Crippen LogP contribution < -0.4 is 0 Å². The van der Waals surface area contributed by atoms with Gasteiger partial charge in [0.2, 0.25) is 0 Å². The highest BCUT2D eigenvalue weighted by molar-refractivity contribution is 6.05. The van der Waals surface area contributed by atoms with E-state index in [0.29, 0.717) is 29.5 Å². The Bertz CT molecular complexity index is 807. The maximum atomic E-state index is 13.0. The third-order valence-electron chi connectivity index (χ3n) is 9.07. The Balaban J connectivity index is 1.61. The molecule has 3 aliphatic carbocycles. The Morgan fingerprint density at radius 2 is 1.93 bits per heavy atom. The molecule has 4 heteroatoms. The van der Waals surface area contributed by atoms with Crippen molar-refractivity contribution in [1.82, 2.24) is 0 Å². The van der Waals surface area contributed by atoms with Crippen LogP contribution in [0.1, 0.15) is 92.4 Å². The van der Waals surface area contributed by atoms with Crippen molar-refractivity contribution in [3.05, 3.63) is 23.0 Å². The van der Waals surface area contributed by atoms with E-state index >= 15 is 0 Å². The van der Waals surface area contributed by atoms with Gasteiger partial charge in [-0.05, 0) is 73.3 Å². The number of fused-ring (bicyclic) bond motifs is 4. The second kappa shape index (κ2) is 7.84. The summed E-state index contributed by atoms with van der Waals surface area (Å²) in [5.41, 5.74) is 2.59. The normalized spacial score (nSPS) is 38.1. The van der Waals surface area contributed by atoms with Crippen molar-refractivity contribution in [1.29, 1.82) is 0 Å². The number of oxime groups is 1. The van der Waals surface area contributed by atoms with E-state index in [9.17, 15) is 10.0 Å². The summed E-state index contributed by atoms with van der Waals surface area (Å²) in [6.07, 6.45) is 11.8. The second-order valence-electron chi connectivity index (χ2n) is 11.3. The second-order valence-corrected chi connectivity index (χ2v) is 11.3. The Labute approximate surface area is 181 Å². The van der Waals surface area contributed by atoms with Crippen LogP contribution in [0.2, 0.25) is 0 Å². The van der Waals surface area contributed by atoms with E-state index in [1.54, 1.807) is 6.08 Å². The number of ether oxygens (including phenoxy) is 1. The number of hydrogen-bond acceptors (Lipinski definition) is 4. The van der Waals surface area contributed by atoms with E-state index in [0.717, 1.165) is 36.9 Å². The van der Waals surface area contributed by atoms with Crippen LogP contribution >= 0.6 is 0 Å². The molecule has 0 amide bonds. The molecule has 30 heavy (non-hydrogen) atoms. The van der Waals surface area contributed by atoms with Crippen LogP contribution in [0, 0.1) is 34.5 Å². The molecule has 1 fully saturated rings. The van der Waals surface area contributed by atoms with Crippen molar-refractivity contribution in [3.8, 4) is 0 Å². The largest absolute Gasteiger partial charge is 0.427 e. The number of carbonyl (C=O) groups is 1. The Hall–Kier alpha value is -1.58. The van der Waals surface area contributed by atoms with Gasteiger partial charge in [0.25, 0.3) is 0 Å². The third kappa shape index (κ3) is 3.35. The fourth-order valence-electron chi connectivity index (χ4n) is 7.19. The number of carbonyl (C=O) groups excluding carboxylic acids is 1. The zero-order valence-electron chi connectivity index (χ0n) is 19.5. The summed E-state index contributed by atoms with van der Waals surface area (Å²) in [5, 5.41) is 12.5. The average Bonchev–Trinajstić information content (AvgIpc) is 3.05. The topological polar surface area (TPSA) is 58.9 Å². The van der Waals surface area contributed by atoms with Crippen LogP contribution in [0.4, 0.5) is 0 Å². The molecular formula is C26H39NO3. The number of allylic oxidation sites excluding steroid dienone is 3. The molecule has 5 atom stereocenters. The van der Waals surface area contributed by atoms with Gasteiger partial charge < -0.3 is 9.94 Å². The van der Waals surface area contributed by atoms with Gasteiger partial charge >= 0.3 is 5.97 Å². The van der Waals surface area contributed by atoms with Crippen molar-refractivity contribution >= 4 is 11.7 Å². The van der Waals surface area contributed by atoms with Crippen molar-refractivity contribution in [2.24, 2.45) is 39.7 Å². The highest BCUT2D eigenvalue weighted by Crippen LogP contribution is 2.64. The first-order chi connectivity index (χ1) is 14.2. The molecular weight excluding hydrogens is 374 g/mol. The zero-order chi connectivity index (χ0) is 21.7. The molecule has 0 bridgehead atoms. The summed E-state index contributed by atoms with van der Waals surface area (Å²) in [4.78, 5) is 13.0. The molecule has 0 saturated heterocycles. The van der Waals surface area contributed by atoms with Gasteiger partial charge in [0, 0.05) is 16.9 Å². The smallest absolute Gasteiger partial charge is 0.340 e. The fourth-order valence-corrected chi connectivity index (χ4v) is 7.19. The van der Waals surface area contributed by atoms with E-state index in [-0.39, 0.29) is 16.8 Å². The minimum absolute atomic E-state index is 0.227. The molecule has 0 spiro atoms.